The maximum Gasteiger partial charge on any atom is 0.120 e. The molecular formula is C13H20Cl2N2O. The van der Waals surface area contributed by atoms with Crippen molar-refractivity contribution in [2.24, 2.45) is 0 Å². The number of nitrogens with one attached hydrogen (secondary N) is 1. The molecule has 1 heterocycles. The number of benzene rings is 1. The van der Waals surface area contributed by atoms with Crippen molar-refractivity contribution in [3.05, 3.63) is 29.3 Å². The molecule has 1 aliphatic heterocycles. The van der Waals surface area contributed by atoms with E-state index in [-0.39, 0.29) is 12.4 Å². The lowest BCUT2D eigenvalue weighted by molar-refractivity contribution is 0.143. The van der Waals surface area contributed by atoms with Gasteiger partial charge < -0.3 is 10.1 Å². The summed E-state index contributed by atoms with van der Waals surface area (Å²) in [5.41, 5.74) is 0. The highest BCUT2D eigenvalue weighted by atomic mass is 35.5. The zero-order valence-corrected chi connectivity index (χ0v) is 12.1. The Morgan fingerprint density at radius 3 is 3.06 bits per heavy atom. The van der Waals surface area contributed by atoms with Crippen molar-refractivity contribution in [2.75, 3.05) is 32.8 Å². The molecule has 3 nitrogen and oxygen atoms in total. The summed E-state index contributed by atoms with van der Waals surface area (Å²) in [4.78, 5) is 2.45. The zero-order chi connectivity index (χ0) is 12.1. The van der Waals surface area contributed by atoms with E-state index < -0.39 is 0 Å². The Morgan fingerprint density at radius 2 is 2.33 bits per heavy atom. The molecule has 5 heteroatoms. The maximum absolute atomic E-state index is 5.90. The lowest BCUT2D eigenvalue weighted by atomic mass is 10.2. The third-order valence-electron chi connectivity index (χ3n) is 3.08. The van der Waals surface area contributed by atoms with Crippen LogP contribution in [0.5, 0.6) is 5.75 Å². The van der Waals surface area contributed by atoms with Crippen LogP contribution in [0.2, 0.25) is 5.02 Å². The molecule has 102 valence electrons. The molecule has 1 saturated heterocycles. The molecule has 0 bridgehead atoms. The highest BCUT2D eigenvalue weighted by Gasteiger charge is 2.16. The first-order valence-corrected chi connectivity index (χ1v) is 6.46. The third-order valence-corrected chi connectivity index (χ3v) is 3.32. The smallest absolute Gasteiger partial charge is 0.120 e. The molecule has 1 aliphatic rings. The lowest BCUT2D eigenvalue weighted by Gasteiger charge is -2.33. The van der Waals surface area contributed by atoms with Gasteiger partial charge in [-0.05, 0) is 25.1 Å². The number of ether oxygens (including phenoxy) is 1. The summed E-state index contributed by atoms with van der Waals surface area (Å²) in [6.07, 6.45) is 0. The van der Waals surface area contributed by atoms with Crippen LogP contribution in [0.1, 0.15) is 6.92 Å². The van der Waals surface area contributed by atoms with E-state index in [0.717, 1.165) is 37.0 Å². The summed E-state index contributed by atoms with van der Waals surface area (Å²) < 4.78 is 5.69. The van der Waals surface area contributed by atoms with Gasteiger partial charge in [-0.1, -0.05) is 17.7 Å². The largest absolute Gasteiger partial charge is 0.492 e. The number of piperazine rings is 1. The first-order chi connectivity index (χ1) is 8.25. The van der Waals surface area contributed by atoms with Gasteiger partial charge in [-0.3, -0.25) is 4.90 Å². The van der Waals surface area contributed by atoms with E-state index >= 15 is 0 Å². The van der Waals surface area contributed by atoms with Crippen molar-refractivity contribution in [3.8, 4) is 5.75 Å². The summed E-state index contributed by atoms with van der Waals surface area (Å²) in [6.45, 7) is 7.16. The molecule has 1 fully saturated rings. The highest BCUT2D eigenvalue weighted by Crippen LogP contribution is 2.17. The second kappa shape index (κ2) is 7.85. The van der Waals surface area contributed by atoms with Crippen LogP contribution >= 0.6 is 24.0 Å². The highest BCUT2D eigenvalue weighted by molar-refractivity contribution is 6.30. The molecule has 18 heavy (non-hydrogen) atoms. The van der Waals surface area contributed by atoms with Crippen molar-refractivity contribution in [1.29, 1.82) is 0 Å². The van der Waals surface area contributed by atoms with Crippen LogP contribution < -0.4 is 10.1 Å². The molecule has 0 aliphatic carbocycles. The van der Waals surface area contributed by atoms with Gasteiger partial charge in [0.05, 0.1) is 0 Å². The predicted octanol–water partition coefficient (Wildman–Crippen LogP) is 2.43. The molecule has 0 spiro atoms. The Hall–Kier alpha value is -0.480. The minimum absolute atomic E-state index is 0. The quantitative estimate of drug-likeness (QED) is 0.922. The lowest BCUT2D eigenvalue weighted by Crippen LogP contribution is -2.50. The van der Waals surface area contributed by atoms with Crippen molar-refractivity contribution in [3.63, 3.8) is 0 Å². The summed E-state index contributed by atoms with van der Waals surface area (Å²) in [7, 11) is 0. The fraction of sp³-hybridized carbons (Fsp3) is 0.538. The number of halogens is 2. The van der Waals surface area contributed by atoms with Crippen LogP contribution in [0.4, 0.5) is 0 Å². The minimum atomic E-state index is 0. The fourth-order valence-electron chi connectivity index (χ4n) is 2.05. The van der Waals surface area contributed by atoms with E-state index in [1.807, 2.05) is 24.3 Å². The standard InChI is InChI=1S/C13H19ClN2O.ClH/c1-11-10-15-5-6-16(11)7-8-17-13-4-2-3-12(14)9-13;/h2-4,9,11,15H,5-8,10H2,1H3;1H/t11-;/m1./s1. The number of rotatable bonds is 4. The van der Waals surface area contributed by atoms with Gasteiger partial charge >= 0.3 is 0 Å². The average molecular weight is 291 g/mol. The Kier molecular flexibility index (Phi) is 6.79. The molecule has 0 radical (unpaired) electrons. The van der Waals surface area contributed by atoms with Crippen LogP contribution in [-0.4, -0.2) is 43.7 Å². The van der Waals surface area contributed by atoms with E-state index in [0.29, 0.717) is 12.6 Å². The molecule has 0 amide bonds. The van der Waals surface area contributed by atoms with Gasteiger partial charge in [0.1, 0.15) is 12.4 Å². The fourth-order valence-corrected chi connectivity index (χ4v) is 2.23. The molecule has 0 unspecified atom stereocenters. The predicted molar refractivity (Wildman–Crippen MR) is 78.1 cm³/mol. The number of hydrogen-bond acceptors (Lipinski definition) is 3. The van der Waals surface area contributed by atoms with Crippen molar-refractivity contribution >= 4 is 24.0 Å². The maximum atomic E-state index is 5.90. The molecule has 0 aromatic heterocycles. The van der Waals surface area contributed by atoms with Crippen LogP contribution in [-0.2, 0) is 0 Å². The first kappa shape index (κ1) is 15.6. The summed E-state index contributed by atoms with van der Waals surface area (Å²) in [5.74, 6) is 0.847. The van der Waals surface area contributed by atoms with Gasteiger partial charge in [0.15, 0.2) is 0 Å². The second-order valence-electron chi connectivity index (χ2n) is 4.39. The second-order valence-corrected chi connectivity index (χ2v) is 4.83. The molecule has 2 rings (SSSR count). The molecule has 0 saturated carbocycles. The molecule has 1 aromatic carbocycles. The Labute approximate surface area is 120 Å². The van der Waals surface area contributed by atoms with Crippen LogP contribution in [0.25, 0.3) is 0 Å². The summed E-state index contributed by atoms with van der Waals surface area (Å²) in [5, 5.41) is 4.10. The third kappa shape index (κ3) is 4.65. The van der Waals surface area contributed by atoms with Crippen molar-refractivity contribution in [2.45, 2.75) is 13.0 Å². The Bertz CT molecular complexity index is 363. The molecule has 1 aromatic rings. The van der Waals surface area contributed by atoms with Gasteiger partial charge in [-0.15, -0.1) is 12.4 Å². The van der Waals surface area contributed by atoms with E-state index in [1.165, 1.54) is 0 Å². The van der Waals surface area contributed by atoms with Crippen LogP contribution in [0.3, 0.4) is 0 Å². The van der Waals surface area contributed by atoms with Crippen LogP contribution in [0.15, 0.2) is 24.3 Å². The molecule has 1 N–H and O–H groups in total. The average Bonchev–Trinajstić information content (AvgIpc) is 2.32. The normalized spacial score (nSPS) is 20.2. The summed E-state index contributed by atoms with van der Waals surface area (Å²) >= 11 is 5.90. The van der Waals surface area contributed by atoms with E-state index in [2.05, 4.69) is 17.1 Å². The molecule has 1 atom stereocenters. The topological polar surface area (TPSA) is 24.5 Å². The van der Waals surface area contributed by atoms with E-state index in [1.54, 1.807) is 0 Å². The van der Waals surface area contributed by atoms with E-state index in [4.69, 9.17) is 16.3 Å². The van der Waals surface area contributed by atoms with Gasteiger partial charge in [-0.25, -0.2) is 0 Å². The van der Waals surface area contributed by atoms with Crippen LogP contribution in [0, 0.1) is 0 Å². The first-order valence-electron chi connectivity index (χ1n) is 6.09. The zero-order valence-electron chi connectivity index (χ0n) is 10.6. The number of hydrogen-bond donors (Lipinski definition) is 1. The van der Waals surface area contributed by atoms with Gasteiger partial charge in [-0.2, -0.15) is 0 Å². The Morgan fingerprint density at radius 1 is 1.50 bits per heavy atom. The van der Waals surface area contributed by atoms with E-state index in [9.17, 15) is 0 Å². The van der Waals surface area contributed by atoms with Crippen molar-refractivity contribution in [1.82, 2.24) is 10.2 Å². The minimum Gasteiger partial charge on any atom is -0.492 e. The SMILES string of the molecule is C[C@@H]1CNCCN1CCOc1cccc(Cl)c1.Cl. The van der Waals surface area contributed by atoms with Crippen molar-refractivity contribution < 1.29 is 4.74 Å². The van der Waals surface area contributed by atoms with Gasteiger partial charge in [0.25, 0.3) is 0 Å². The monoisotopic (exact) mass is 290 g/mol. The van der Waals surface area contributed by atoms with Gasteiger partial charge in [0, 0.05) is 37.2 Å². The Balaban J connectivity index is 0.00000162. The summed E-state index contributed by atoms with van der Waals surface area (Å²) in [6, 6.07) is 8.14. The number of nitrogens with zero attached hydrogens (tertiary/aromatic N) is 1. The van der Waals surface area contributed by atoms with Gasteiger partial charge in [0.2, 0.25) is 0 Å². The molecular weight excluding hydrogens is 271 g/mol.